The number of ether oxygens (including phenoxy) is 1. The first-order chi connectivity index (χ1) is 16.4. The molecular weight excluding hydrogens is 554 g/mol. The van der Waals surface area contributed by atoms with Gasteiger partial charge >= 0.3 is 12.1 Å². The Morgan fingerprint density at radius 2 is 1.69 bits per heavy atom. The van der Waals surface area contributed by atoms with Gasteiger partial charge in [0.15, 0.2) is 0 Å². The first kappa shape index (κ1) is 28.5. The van der Waals surface area contributed by atoms with Crippen LogP contribution in [0.4, 0.5) is 13.2 Å². The van der Waals surface area contributed by atoms with Crippen LogP contribution in [0.5, 0.6) is 5.75 Å². The summed E-state index contributed by atoms with van der Waals surface area (Å²) in [4.78, 5) is 13.7. The SMILES string of the molecule is CC(C)(CN(Cc1ccsc1)Cc1ccsc1)c1cc2c(cc1Cl)C=C(C(=O)O)C(C(F)(F)F)O2.Cl. The summed E-state index contributed by atoms with van der Waals surface area (Å²) in [5.41, 5.74) is 1.78. The lowest BCUT2D eigenvalue weighted by Crippen LogP contribution is -2.40. The van der Waals surface area contributed by atoms with Crippen LogP contribution in [0.3, 0.4) is 0 Å². The van der Waals surface area contributed by atoms with E-state index in [1.54, 1.807) is 22.7 Å². The van der Waals surface area contributed by atoms with Gasteiger partial charge in [-0.2, -0.15) is 35.8 Å². The highest BCUT2D eigenvalue weighted by molar-refractivity contribution is 7.08. The van der Waals surface area contributed by atoms with Crippen molar-refractivity contribution in [2.45, 2.75) is 44.6 Å². The average molecular weight is 579 g/mol. The highest BCUT2D eigenvalue weighted by Crippen LogP contribution is 2.42. The number of halogens is 5. The largest absolute Gasteiger partial charge is 0.478 e. The van der Waals surface area contributed by atoms with E-state index in [1.807, 2.05) is 24.6 Å². The molecule has 0 amide bonds. The molecule has 1 aliphatic heterocycles. The van der Waals surface area contributed by atoms with Crippen LogP contribution in [0, 0.1) is 0 Å². The van der Waals surface area contributed by atoms with Crippen molar-refractivity contribution in [2.24, 2.45) is 0 Å². The number of carbonyl (C=O) groups is 1. The number of rotatable bonds is 8. The maximum absolute atomic E-state index is 13.5. The number of nitrogens with zero attached hydrogens (tertiary/aromatic N) is 1. The molecule has 0 saturated carbocycles. The molecular formula is C25H24Cl2F3NO3S2. The van der Waals surface area contributed by atoms with Gasteiger partial charge in [0.05, 0.1) is 5.57 Å². The summed E-state index contributed by atoms with van der Waals surface area (Å²) in [5.74, 6) is -1.72. The lowest BCUT2D eigenvalue weighted by Gasteiger charge is -2.35. The van der Waals surface area contributed by atoms with E-state index in [-0.39, 0.29) is 23.7 Å². The number of fused-ring (bicyclic) bond motifs is 1. The first-order valence-electron chi connectivity index (χ1n) is 10.7. The van der Waals surface area contributed by atoms with Gasteiger partial charge in [0.2, 0.25) is 6.10 Å². The fourth-order valence-electron chi connectivity index (χ4n) is 4.25. The van der Waals surface area contributed by atoms with Crippen LogP contribution in [0.2, 0.25) is 5.02 Å². The Kier molecular flexibility index (Phi) is 8.83. The minimum Gasteiger partial charge on any atom is -0.478 e. The van der Waals surface area contributed by atoms with E-state index in [2.05, 4.69) is 27.8 Å². The Balaban J connectivity index is 0.00000361. The number of hydrogen-bond donors (Lipinski definition) is 1. The van der Waals surface area contributed by atoms with Gasteiger partial charge in [-0.25, -0.2) is 4.79 Å². The molecule has 1 aliphatic rings. The van der Waals surface area contributed by atoms with E-state index in [9.17, 15) is 23.1 Å². The maximum atomic E-state index is 13.5. The van der Waals surface area contributed by atoms with Crippen LogP contribution in [0.1, 0.15) is 36.1 Å². The molecule has 4 nitrogen and oxygen atoms in total. The van der Waals surface area contributed by atoms with Crippen molar-refractivity contribution in [1.82, 2.24) is 4.90 Å². The molecule has 4 rings (SSSR count). The highest BCUT2D eigenvalue weighted by Gasteiger charge is 2.48. The molecule has 1 unspecified atom stereocenters. The number of carboxylic acids is 1. The van der Waals surface area contributed by atoms with E-state index in [0.717, 1.165) is 6.08 Å². The number of thiophene rings is 2. The van der Waals surface area contributed by atoms with Gasteiger partial charge in [0, 0.05) is 35.6 Å². The Morgan fingerprint density at radius 3 is 2.17 bits per heavy atom. The second-order valence-corrected chi connectivity index (χ2v) is 11.1. The molecule has 1 N–H and O–H groups in total. The fraction of sp³-hybridized carbons (Fsp3) is 0.320. The average Bonchev–Trinajstić information content (AvgIpc) is 3.45. The zero-order chi connectivity index (χ0) is 25.4. The van der Waals surface area contributed by atoms with Gasteiger partial charge in [0.25, 0.3) is 0 Å². The molecule has 3 heterocycles. The highest BCUT2D eigenvalue weighted by atomic mass is 35.5. The second-order valence-electron chi connectivity index (χ2n) is 9.11. The number of alkyl halides is 3. The molecule has 36 heavy (non-hydrogen) atoms. The normalized spacial score (nSPS) is 15.6. The third-order valence-corrected chi connectivity index (χ3v) is 7.58. The van der Waals surface area contributed by atoms with E-state index < -0.39 is 29.2 Å². The van der Waals surface area contributed by atoms with Crippen molar-refractivity contribution in [3.63, 3.8) is 0 Å². The molecule has 1 aromatic carbocycles. The van der Waals surface area contributed by atoms with Crippen LogP contribution in [0.15, 0.2) is 51.4 Å². The van der Waals surface area contributed by atoms with E-state index in [4.69, 9.17) is 16.3 Å². The zero-order valence-electron chi connectivity index (χ0n) is 19.3. The summed E-state index contributed by atoms with van der Waals surface area (Å²) < 4.78 is 45.8. The number of aliphatic carboxylic acids is 1. The molecule has 2 aromatic heterocycles. The maximum Gasteiger partial charge on any atom is 0.430 e. The molecule has 11 heteroatoms. The van der Waals surface area contributed by atoms with Crippen molar-refractivity contribution in [3.05, 3.63) is 78.6 Å². The van der Waals surface area contributed by atoms with Crippen molar-refractivity contribution in [1.29, 1.82) is 0 Å². The molecule has 0 aliphatic carbocycles. The predicted molar refractivity (Wildman–Crippen MR) is 141 cm³/mol. The fourth-order valence-corrected chi connectivity index (χ4v) is 5.99. The smallest absolute Gasteiger partial charge is 0.430 e. The van der Waals surface area contributed by atoms with Crippen LogP contribution < -0.4 is 4.74 Å². The van der Waals surface area contributed by atoms with Gasteiger partial charge < -0.3 is 9.84 Å². The Hall–Kier alpha value is -2.04. The van der Waals surface area contributed by atoms with Crippen molar-refractivity contribution >= 4 is 58.7 Å². The molecule has 0 radical (unpaired) electrons. The zero-order valence-corrected chi connectivity index (χ0v) is 22.5. The summed E-state index contributed by atoms with van der Waals surface area (Å²) >= 11 is 9.85. The number of hydrogen-bond acceptors (Lipinski definition) is 5. The Morgan fingerprint density at radius 1 is 1.11 bits per heavy atom. The standard InChI is InChI=1S/C25H23ClF3NO3S2.ClH/c1-24(2,14-30(10-15-3-5-34-12-15)11-16-4-6-35-13-16)19-9-21-17(8-20(19)26)7-18(23(31)32)22(33-21)25(27,28)29;/h3-9,12-13,22H,10-11,14H2,1-2H3,(H,31,32);1H. The third-order valence-electron chi connectivity index (χ3n) is 5.80. The molecule has 0 saturated heterocycles. The van der Waals surface area contributed by atoms with Crippen LogP contribution in [-0.2, 0) is 23.3 Å². The summed E-state index contributed by atoms with van der Waals surface area (Å²) in [7, 11) is 0. The van der Waals surface area contributed by atoms with Gasteiger partial charge in [-0.15, -0.1) is 12.4 Å². The minimum absolute atomic E-state index is 0. The summed E-state index contributed by atoms with van der Waals surface area (Å²) in [5, 5.41) is 17.9. The molecule has 3 aromatic rings. The number of benzene rings is 1. The monoisotopic (exact) mass is 577 g/mol. The van der Waals surface area contributed by atoms with Crippen molar-refractivity contribution in [3.8, 4) is 5.75 Å². The predicted octanol–water partition coefficient (Wildman–Crippen LogP) is 7.66. The Bertz CT molecular complexity index is 1190. The van der Waals surface area contributed by atoms with Gasteiger partial charge in [0.1, 0.15) is 5.75 Å². The molecule has 1 atom stereocenters. The molecule has 194 valence electrons. The van der Waals surface area contributed by atoms with Crippen molar-refractivity contribution in [2.75, 3.05) is 6.54 Å². The van der Waals surface area contributed by atoms with Gasteiger partial charge in [-0.3, -0.25) is 4.90 Å². The van der Waals surface area contributed by atoms with Crippen molar-refractivity contribution < 1.29 is 27.8 Å². The molecule has 0 spiro atoms. The minimum atomic E-state index is -4.87. The van der Waals surface area contributed by atoms with Gasteiger partial charge in [-0.1, -0.05) is 25.4 Å². The third kappa shape index (κ3) is 6.44. The van der Waals surface area contributed by atoms with Crippen LogP contribution >= 0.6 is 46.7 Å². The molecule has 0 bridgehead atoms. The lowest BCUT2D eigenvalue weighted by molar-refractivity contribution is -0.187. The lowest BCUT2D eigenvalue weighted by atomic mass is 9.82. The topological polar surface area (TPSA) is 49.8 Å². The quantitative estimate of drug-likeness (QED) is 0.298. The summed E-state index contributed by atoms with van der Waals surface area (Å²) in [6, 6.07) is 7.13. The van der Waals surface area contributed by atoms with Crippen LogP contribution in [0.25, 0.3) is 6.08 Å². The van der Waals surface area contributed by atoms with E-state index in [0.29, 0.717) is 30.2 Å². The van der Waals surface area contributed by atoms with Crippen LogP contribution in [-0.4, -0.2) is 34.8 Å². The second kappa shape index (κ2) is 11.1. The first-order valence-corrected chi connectivity index (χ1v) is 13.0. The van der Waals surface area contributed by atoms with E-state index in [1.165, 1.54) is 23.3 Å². The summed E-state index contributed by atoms with van der Waals surface area (Å²) in [6.07, 6.45) is -6.42. The Labute approximate surface area is 226 Å². The summed E-state index contributed by atoms with van der Waals surface area (Å²) in [6.45, 7) is 5.97. The van der Waals surface area contributed by atoms with Gasteiger partial charge in [-0.05, 0) is 68.6 Å². The number of carboxylic acid groups (broad SMARTS) is 1. The molecule has 0 fully saturated rings. The van der Waals surface area contributed by atoms with E-state index >= 15 is 0 Å².